The summed E-state index contributed by atoms with van der Waals surface area (Å²) in [7, 11) is 2.00. The Balaban J connectivity index is 2.00. The van der Waals surface area contributed by atoms with E-state index in [1.54, 1.807) is 6.20 Å². The third kappa shape index (κ3) is 2.74. The smallest absolute Gasteiger partial charge is 0.141 e. The largest absolute Gasteiger partial charge is 0.393 e. The maximum absolute atomic E-state index is 9.25. The quantitative estimate of drug-likeness (QED) is 0.525. The Morgan fingerprint density at radius 1 is 1.65 bits per heavy atom. The fraction of sp³-hybridized carbons (Fsp3) is 0.500. The van der Waals surface area contributed by atoms with Gasteiger partial charge in [-0.05, 0) is 30.9 Å². The zero-order valence-corrected chi connectivity index (χ0v) is 9.93. The van der Waals surface area contributed by atoms with E-state index < -0.39 is 0 Å². The Morgan fingerprint density at radius 3 is 2.94 bits per heavy atom. The summed E-state index contributed by atoms with van der Waals surface area (Å²) in [6.07, 6.45) is 3.32. The van der Waals surface area contributed by atoms with E-state index in [0.29, 0.717) is 11.6 Å². The second-order valence-electron chi connectivity index (χ2n) is 4.68. The molecule has 0 spiro atoms. The Morgan fingerprint density at radius 2 is 2.35 bits per heavy atom. The number of rotatable bonds is 4. The highest BCUT2D eigenvalue weighted by Crippen LogP contribution is 2.28. The summed E-state index contributed by atoms with van der Waals surface area (Å²) in [5, 5.41) is 16.6. The standard InChI is InChI=1S/C12H18N4O/c1-16(7-8-4-10(17)5-8)9-2-3-15-11(6-9)12(13)14/h2-3,6,8,10,17H,4-5,7H2,1H3,(H3,13,14). The lowest BCUT2D eigenvalue weighted by atomic mass is 9.82. The molecule has 0 aliphatic heterocycles. The van der Waals surface area contributed by atoms with Gasteiger partial charge in [-0.15, -0.1) is 0 Å². The van der Waals surface area contributed by atoms with Gasteiger partial charge in [-0.25, -0.2) is 0 Å². The van der Waals surface area contributed by atoms with Gasteiger partial charge in [-0.1, -0.05) is 0 Å². The Hall–Kier alpha value is -1.62. The number of hydrogen-bond acceptors (Lipinski definition) is 4. The van der Waals surface area contributed by atoms with E-state index in [2.05, 4.69) is 9.88 Å². The van der Waals surface area contributed by atoms with Crippen LogP contribution in [-0.2, 0) is 0 Å². The normalized spacial score (nSPS) is 22.9. The van der Waals surface area contributed by atoms with Crippen LogP contribution < -0.4 is 10.6 Å². The molecule has 0 unspecified atom stereocenters. The van der Waals surface area contributed by atoms with Gasteiger partial charge in [0.25, 0.3) is 0 Å². The second-order valence-corrected chi connectivity index (χ2v) is 4.68. The highest BCUT2D eigenvalue weighted by atomic mass is 16.3. The predicted octanol–water partition coefficient (Wildman–Crippen LogP) is 0.573. The molecule has 1 saturated carbocycles. The minimum atomic E-state index is -0.112. The van der Waals surface area contributed by atoms with Gasteiger partial charge < -0.3 is 15.7 Å². The zero-order valence-electron chi connectivity index (χ0n) is 9.93. The highest BCUT2D eigenvalue weighted by Gasteiger charge is 2.28. The van der Waals surface area contributed by atoms with E-state index in [1.807, 2.05) is 19.2 Å². The molecular weight excluding hydrogens is 216 g/mol. The number of amidine groups is 1. The number of anilines is 1. The van der Waals surface area contributed by atoms with E-state index in [1.165, 1.54) is 0 Å². The minimum Gasteiger partial charge on any atom is -0.393 e. The molecule has 1 fully saturated rings. The summed E-state index contributed by atoms with van der Waals surface area (Å²) in [6, 6.07) is 3.72. The first-order valence-electron chi connectivity index (χ1n) is 5.76. The van der Waals surface area contributed by atoms with Gasteiger partial charge in [0.2, 0.25) is 0 Å². The third-order valence-electron chi connectivity index (χ3n) is 3.20. The van der Waals surface area contributed by atoms with Crippen LogP contribution in [0, 0.1) is 11.3 Å². The van der Waals surface area contributed by atoms with Crippen molar-refractivity contribution in [3.05, 3.63) is 24.0 Å². The topological polar surface area (TPSA) is 86.2 Å². The summed E-state index contributed by atoms with van der Waals surface area (Å²) in [4.78, 5) is 6.15. The van der Waals surface area contributed by atoms with Gasteiger partial charge in [0, 0.05) is 25.5 Å². The van der Waals surface area contributed by atoms with Gasteiger partial charge in [0.1, 0.15) is 11.5 Å². The molecule has 2 rings (SSSR count). The van der Waals surface area contributed by atoms with Crippen LogP contribution in [0.25, 0.3) is 0 Å². The molecule has 0 bridgehead atoms. The van der Waals surface area contributed by atoms with Crippen molar-refractivity contribution in [1.29, 1.82) is 5.41 Å². The summed E-state index contributed by atoms with van der Waals surface area (Å²) in [5.74, 6) is 0.545. The van der Waals surface area contributed by atoms with Crippen LogP contribution in [0.2, 0.25) is 0 Å². The lowest BCUT2D eigenvalue weighted by Crippen LogP contribution is -2.37. The lowest BCUT2D eigenvalue weighted by molar-refractivity contribution is 0.0465. The van der Waals surface area contributed by atoms with Gasteiger partial charge in [0.05, 0.1) is 6.10 Å². The van der Waals surface area contributed by atoms with Crippen molar-refractivity contribution in [2.75, 3.05) is 18.5 Å². The van der Waals surface area contributed by atoms with Crippen molar-refractivity contribution in [2.45, 2.75) is 18.9 Å². The molecule has 17 heavy (non-hydrogen) atoms. The van der Waals surface area contributed by atoms with Gasteiger partial charge >= 0.3 is 0 Å². The van der Waals surface area contributed by atoms with Crippen LogP contribution in [0.4, 0.5) is 5.69 Å². The molecule has 0 atom stereocenters. The van der Waals surface area contributed by atoms with Crippen molar-refractivity contribution < 1.29 is 5.11 Å². The van der Waals surface area contributed by atoms with Gasteiger partial charge in [-0.3, -0.25) is 10.4 Å². The molecule has 5 nitrogen and oxygen atoms in total. The number of nitrogen functional groups attached to an aromatic ring is 1. The molecule has 0 amide bonds. The van der Waals surface area contributed by atoms with Crippen molar-refractivity contribution in [3.63, 3.8) is 0 Å². The maximum Gasteiger partial charge on any atom is 0.141 e. The molecule has 1 aliphatic rings. The highest BCUT2D eigenvalue weighted by molar-refractivity contribution is 5.93. The number of nitrogens with two attached hydrogens (primary N) is 1. The van der Waals surface area contributed by atoms with Crippen molar-refractivity contribution in [3.8, 4) is 0 Å². The molecule has 4 N–H and O–H groups in total. The molecule has 0 saturated heterocycles. The summed E-state index contributed by atoms with van der Waals surface area (Å²) in [6.45, 7) is 0.915. The average molecular weight is 234 g/mol. The average Bonchev–Trinajstić information content (AvgIpc) is 2.27. The van der Waals surface area contributed by atoms with E-state index in [0.717, 1.165) is 25.1 Å². The van der Waals surface area contributed by atoms with E-state index in [9.17, 15) is 5.11 Å². The van der Waals surface area contributed by atoms with Crippen molar-refractivity contribution >= 4 is 11.5 Å². The molecule has 1 aromatic heterocycles. The van der Waals surface area contributed by atoms with E-state index in [4.69, 9.17) is 11.1 Å². The molecule has 0 aromatic carbocycles. The second kappa shape index (κ2) is 4.71. The van der Waals surface area contributed by atoms with E-state index in [-0.39, 0.29) is 11.9 Å². The lowest BCUT2D eigenvalue weighted by Gasteiger charge is -2.35. The number of aliphatic hydroxyl groups excluding tert-OH is 1. The van der Waals surface area contributed by atoms with Crippen LogP contribution in [0.3, 0.4) is 0 Å². The third-order valence-corrected chi connectivity index (χ3v) is 3.20. The number of pyridine rings is 1. The SMILES string of the molecule is CN(CC1CC(O)C1)c1ccnc(C(=N)N)c1. The van der Waals surface area contributed by atoms with Gasteiger partial charge in [0.15, 0.2) is 0 Å². The fourth-order valence-corrected chi connectivity index (χ4v) is 2.15. The van der Waals surface area contributed by atoms with Crippen molar-refractivity contribution in [1.82, 2.24) is 4.98 Å². The first-order chi connectivity index (χ1) is 8.06. The molecule has 0 radical (unpaired) electrons. The monoisotopic (exact) mass is 234 g/mol. The van der Waals surface area contributed by atoms with Gasteiger partial charge in [-0.2, -0.15) is 0 Å². The molecule has 1 aliphatic carbocycles. The summed E-state index contributed by atoms with van der Waals surface area (Å²) >= 11 is 0. The Labute approximate surface area is 101 Å². The number of aliphatic hydroxyl groups is 1. The molecule has 1 aromatic rings. The number of aromatic nitrogens is 1. The van der Waals surface area contributed by atoms with Crippen LogP contribution in [-0.4, -0.2) is 35.6 Å². The maximum atomic E-state index is 9.25. The summed E-state index contributed by atoms with van der Waals surface area (Å²) < 4.78 is 0. The van der Waals surface area contributed by atoms with Crippen LogP contribution in [0.1, 0.15) is 18.5 Å². The van der Waals surface area contributed by atoms with Crippen LogP contribution in [0.5, 0.6) is 0 Å². The predicted molar refractivity (Wildman–Crippen MR) is 67.3 cm³/mol. The molecule has 92 valence electrons. The minimum absolute atomic E-state index is 0.0145. The summed E-state index contributed by atoms with van der Waals surface area (Å²) in [5.41, 5.74) is 6.92. The van der Waals surface area contributed by atoms with E-state index >= 15 is 0 Å². The first-order valence-corrected chi connectivity index (χ1v) is 5.76. The number of hydrogen-bond donors (Lipinski definition) is 3. The first kappa shape index (κ1) is 11.9. The fourth-order valence-electron chi connectivity index (χ4n) is 2.15. The van der Waals surface area contributed by atoms with Crippen molar-refractivity contribution in [2.24, 2.45) is 11.7 Å². The van der Waals surface area contributed by atoms with Crippen LogP contribution >= 0.6 is 0 Å². The molecular formula is C12H18N4O. The Bertz CT molecular complexity index is 415. The zero-order chi connectivity index (χ0) is 12.4. The molecule has 5 heteroatoms. The Kier molecular flexibility index (Phi) is 3.28. The van der Waals surface area contributed by atoms with Crippen LogP contribution in [0.15, 0.2) is 18.3 Å². The molecule has 1 heterocycles. The number of nitrogens with zero attached hydrogens (tertiary/aromatic N) is 2. The number of nitrogens with one attached hydrogen (secondary N) is 1.